The van der Waals surface area contributed by atoms with Crippen molar-refractivity contribution in [1.29, 1.82) is 0 Å². The van der Waals surface area contributed by atoms with E-state index in [9.17, 15) is 0 Å². The minimum Gasteiger partial charge on any atom is -0.380 e. The zero-order chi connectivity index (χ0) is 14.9. The number of benzene rings is 2. The largest absolute Gasteiger partial charge is 0.380 e. The summed E-state index contributed by atoms with van der Waals surface area (Å²) in [5, 5.41) is 3.43. The van der Waals surface area contributed by atoms with Crippen molar-refractivity contribution in [3.05, 3.63) is 71.8 Å². The molecule has 0 aliphatic rings. The van der Waals surface area contributed by atoms with Crippen LogP contribution in [-0.4, -0.2) is 26.3 Å². The van der Waals surface area contributed by atoms with E-state index in [1.165, 1.54) is 11.1 Å². The SMILES string of the molecule is CCCOCC(NC)C(c1ccccc1)c1ccccc1. The summed E-state index contributed by atoms with van der Waals surface area (Å²) < 4.78 is 5.80. The van der Waals surface area contributed by atoms with Crippen molar-refractivity contribution in [3.63, 3.8) is 0 Å². The topological polar surface area (TPSA) is 21.3 Å². The van der Waals surface area contributed by atoms with Gasteiger partial charge in [-0.15, -0.1) is 0 Å². The Kier molecular flexibility index (Phi) is 6.45. The first-order chi connectivity index (χ1) is 10.4. The highest BCUT2D eigenvalue weighted by Crippen LogP contribution is 2.28. The van der Waals surface area contributed by atoms with Crippen LogP contribution in [0.5, 0.6) is 0 Å². The highest BCUT2D eigenvalue weighted by atomic mass is 16.5. The van der Waals surface area contributed by atoms with E-state index in [0.29, 0.717) is 5.92 Å². The molecule has 0 aliphatic heterocycles. The van der Waals surface area contributed by atoms with Crippen molar-refractivity contribution in [3.8, 4) is 0 Å². The number of likely N-dealkylation sites (N-methyl/N-ethyl adjacent to an activating group) is 1. The zero-order valence-electron chi connectivity index (χ0n) is 13.0. The molecule has 0 spiro atoms. The summed E-state index contributed by atoms with van der Waals surface area (Å²) in [4.78, 5) is 0. The first kappa shape index (κ1) is 15.7. The molecule has 1 atom stereocenters. The second kappa shape index (κ2) is 8.60. The molecule has 21 heavy (non-hydrogen) atoms. The molecule has 112 valence electrons. The monoisotopic (exact) mass is 283 g/mol. The van der Waals surface area contributed by atoms with Crippen molar-refractivity contribution < 1.29 is 4.74 Å². The van der Waals surface area contributed by atoms with Crippen molar-refractivity contribution in [2.24, 2.45) is 0 Å². The zero-order valence-corrected chi connectivity index (χ0v) is 13.0. The third-order valence-corrected chi connectivity index (χ3v) is 3.74. The number of rotatable bonds is 8. The summed E-state index contributed by atoms with van der Waals surface area (Å²) in [7, 11) is 2.01. The summed E-state index contributed by atoms with van der Waals surface area (Å²) in [6.45, 7) is 3.67. The second-order valence-electron chi connectivity index (χ2n) is 5.27. The van der Waals surface area contributed by atoms with E-state index in [-0.39, 0.29) is 6.04 Å². The summed E-state index contributed by atoms with van der Waals surface area (Å²) in [6, 6.07) is 21.6. The van der Waals surface area contributed by atoms with Crippen LogP contribution in [0.4, 0.5) is 0 Å². The quantitative estimate of drug-likeness (QED) is 0.743. The van der Waals surface area contributed by atoms with E-state index in [1.807, 2.05) is 7.05 Å². The van der Waals surface area contributed by atoms with Crippen LogP contribution < -0.4 is 5.32 Å². The fourth-order valence-corrected chi connectivity index (χ4v) is 2.68. The van der Waals surface area contributed by atoms with Gasteiger partial charge in [0, 0.05) is 18.6 Å². The molecule has 0 fully saturated rings. The van der Waals surface area contributed by atoms with Crippen LogP contribution in [0.15, 0.2) is 60.7 Å². The highest BCUT2D eigenvalue weighted by Gasteiger charge is 2.23. The Morgan fingerprint density at radius 1 is 0.905 bits per heavy atom. The van der Waals surface area contributed by atoms with Crippen LogP contribution in [0.25, 0.3) is 0 Å². The van der Waals surface area contributed by atoms with Gasteiger partial charge >= 0.3 is 0 Å². The van der Waals surface area contributed by atoms with Crippen LogP contribution in [0.1, 0.15) is 30.4 Å². The number of hydrogen-bond acceptors (Lipinski definition) is 2. The van der Waals surface area contributed by atoms with Gasteiger partial charge in [-0.3, -0.25) is 0 Å². The predicted molar refractivity (Wildman–Crippen MR) is 88.7 cm³/mol. The molecule has 2 heteroatoms. The van der Waals surface area contributed by atoms with Crippen molar-refractivity contribution in [2.75, 3.05) is 20.3 Å². The Hall–Kier alpha value is -1.64. The molecule has 1 N–H and O–H groups in total. The van der Waals surface area contributed by atoms with E-state index in [2.05, 4.69) is 72.9 Å². The molecular formula is C19H25NO. The minimum absolute atomic E-state index is 0.265. The molecule has 1 unspecified atom stereocenters. The van der Waals surface area contributed by atoms with Gasteiger partial charge in [0.1, 0.15) is 0 Å². The Morgan fingerprint density at radius 2 is 1.43 bits per heavy atom. The molecule has 0 radical (unpaired) electrons. The molecule has 2 aromatic carbocycles. The number of hydrogen-bond donors (Lipinski definition) is 1. The third kappa shape index (κ3) is 4.42. The summed E-state index contributed by atoms with van der Waals surface area (Å²) >= 11 is 0. The van der Waals surface area contributed by atoms with Gasteiger partial charge in [0.05, 0.1) is 6.61 Å². The second-order valence-corrected chi connectivity index (χ2v) is 5.27. The Bertz CT molecular complexity index is 458. The van der Waals surface area contributed by atoms with Gasteiger partial charge in [0.2, 0.25) is 0 Å². The van der Waals surface area contributed by atoms with E-state index in [0.717, 1.165) is 19.6 Å². The van der Waals surface area contributed by atoms with Crippen molar-refractivity contribution >= 4 is 0 Å². The van der Waals surface area contributed by atoms with Crippen molar-refractivity contribution in [2.45, 2.75) is 25.3 Å². The van der Waals surface area contributed by atoms with Gasteiger partial charge in [-0.2, -0.15) is 0 Å². The van der Waals surface area contributed by atoms with E-state index in [1.54, 1.807) is 0 Å². The fourth-order valence-electron chi connectivity index (χ4n) is 2.68. The minimum atomic E-state index is 0.265. The van der Waals surface area contributed by atoms with Gasteiger partial charge < -0.3 is 10.1 Å². The standard InChI is InChI=1S/C19H25NO/c1-3-14-21-15-18(20-2)19(16-10-6-4-7-11-16)17-12-8-5-9-13-17/h4-13,18-20H,3,14-15H2,1-2H3. The summed E-state index contributed by atoms with van der Waals surface area (Å²) in [6.07, 6.45) is 1.05. The van der Waals surface area contributed by atoms with Crippen LogP contribution in [-0.2, 0) is 4.74 Å². The third-order valence-electron chi connectivity index (χ3n) is 3.74. The molecule has 2 rings (SSSR count). The average Bonchev–Trinajstić information content (AvgIpc) is 2.56. The molecule has 2 aromatic rings. The van der Waals surface area contributed by atoms with Gasteiger partial charge in [0.25, 0.3) is 0 Å². The maximum Gasteiger partial charge on any atom is 0.0628 e. The lowest BCUT2D eigenvalue weighted by atomic mass is 9.85. The van der Waals surface area contributed by atoms with Crippen LogP contribution in [0.3, 0.4) is 0 Å². The van der Waals surface area contributed by atoms with E-state index >= 15 is 0 Å². The molecular weight excluding hydrogens is 258 g/mol. The van der Waals surface area contributed by atoms with Gasteiger partial charge in [-0.1, -0.05) is 67.6 Å². The first-order valence-electron chi connectivity index (χ1n) is 7.71. The van der Waals surface area contributed by atoms with Gasteiger partial charge in [-0.25, -0.2) is 0 Å². The normalized spacial score (nSPS) is 12.5. The molecule has 0 saturated carbocycles. The van der Waals surface area contributed by atoms with E-state index < -0.39 is 0 Å². The van der Waals surface area contributed by atoms with Crippen LogP contribution in [0, 0.1) is 0 Å². The highest BCUT2D eigenvalue weighted by molar-refractivity contribution is 5.34. The number of ether oxygens (including phenoxy) is 1. The Morgan fingerprint density at radius 3 is 1.86 bits per heavy atom. The van der Waals surface area contributed by atoms with Crippen LogP contribution >= 0.6 is 0 Å². The summed E-state index contributed by atoms with van der Waals surface area (Å²) in [5.41, 5.74) is 2.64. The Labute approximate surface area is 128 Å². The fraction of sp³-hybridized carbons (Fsp3) is 0.368. The van der Waals surface area contributed by atoms with Crippen LogP contribution in [0.2, 0.25) is 0 Å². The molecule has 0 amide bonds. The molecule has 0 saturated heterocycles. The number of nitrogens with one attached hydrogen (secondary N) is 1. The average molecular weight is 283 g/mol. The predicted octanol–water partition coefficient (Wildman–Crippen LogP) is 3.83. The maximum absolute atomic E-state index is 5.80. The summed E-state index contributed by atoms with van der Waals surface area (Å²) in [5.74, 6) is 0.300. The van der Waals surface area contributed by atoms with E-state index in [4.69, 9.17) is 4.74 Å². The molecule has 0 aliphatic carbocycles. The molecule has 2 nitrogen and oxygen atoms in total. The lowest BCUT2D eigenvalue weighted by molar-refractivity contribution is 0.109. The molecule has 0 bridgehead atoms. The lowest BCUT2D eigenvalue weighted by Gasteiger charge is -2.28. The molecule has 0 heterocycles. The Balaban J connectivity index is 2.27. The lowest BCUT2D eigenvalue weighted by Crippen LogP contribution is -2.37. The van der Waals surface area contributed by atoms with Gasteiger partial charge in [-0.05, 0) is 24.6 Å². The smallest absolute Gasteiger partial charge is 0.0628 e. The first-order valence-corrected chi connectivity index (χ1v) is 7.71. The van der Waals surface area contributed by atoms with Gasteiger partial charge in [0.15, 0.2) is 0 Å². The van der Waals surface area contributed by atoms with Crippen molar-refractivity contribution in [1.82, 2.24) is 5.32 Å². The molecule has 0 aromatic heterocycles. The maximum atomic E-state index is 5.80.